The van der Waals surface area contributed by atoms with Crippen molar-refractivity contribution in [1.82, 2.24) is 15.1 Å². The smallest absolute Gasteiger partial charge is 0.193 e. The van der Waals surface area contributed by atoms with E-state index in [-0.39, 0.29) is 5.41 Å². The number of rotatable bonds is 4. The van der Waals surface area contributed by atoms with Gasteiger partial charge in [0.05, 0.1) is 6.10 Å². The van der Waals surface area contributed by atoms with Crippen LogP contribution in [0.3, 0.4) is 0 Å². The van der Waals surface area contributed by atoms with Crippen molar-refractivity contribution < 1.29 is 4.74 Å². The van der Waals surface area contributed by atoms with E-state index in [2.05, 4.69) is 55.0 Å². The molecule has 0 bridgehead atoms. The third-order valence-corrected chi connectivity index (χ3v) is 5.93. The Hall–Kier alpha value is -1.07. The summed E-state index contributed by atoms with van der Waals surface area (Å²) < 4.78 is 6.14. The quantitative estimate of drug-likeness (QED) is 0.474. The molecule has 5 nitrogen and oxygen atoms in total. The van der Waals surface area contributed by atoms with E-state index < -0.39 is 0 Å². The van der Waals surface area contributed by atoms with Crippen molar-refractivity contribution in [2.75, 3.05) is 45.9 Å². The van der Waals surface area contributed by atoms with Crippen LogP contribution in [0.25, 0.3) is 0 Å². The van der Waals surface area contributed by atoms with Gasteiger partial charge in [0, 0.05) is 57.8 Å². The van der Waals surface area contributed by atoms with Crippen molar-refractivity contribution in [2.24, 2.45) is 16.3 Å². The molecule has 3 aliphatic heterocycles. The van der Waals surface area contributed by atoms with E-state index in [4.69, 9.17) is 9.73 Å². The minimum absolute atomic E-state index is 0.181. The van der Waals surface area contributed by atoms with E-state index in [1.54, 1.807) is 0 Å². The van der Waals surface area contributed by atoms with Crippen LogP contribution in [0.5, 0.6) is 0 Å². The van der Waals surface area contributed by atoms with E-state index in [0.29, 0.717) is 18.1 Å². The molecule has 0 aromatic rings. The number of ether oxygens (including phenoxy) is 1. The van der Waals surface area contributed by atoms with Crippen molar-refractivity contribution in [2.45, 2.75) is 59.1 Å². The van der Waals surface area contributed by atoms with Gasteiger partial charge in [-0.05, 0) is 31.6 Å². The van der Waals surface area contributed by atoms with Crippen molar-refractivity contribution in [3.63, 3.8) is 0 Å². The fourth-order valence-electron chi connectivity index (χ4n) is 4.64. The Bertz CT molecular complexity index is 503. The summed E-state index contributed by atoms with van der Waals surface area (Å²) in [5, 5.41) is 3.53. The average molecular weight is 363 g/mol. The largest absolute Gasteiger partial charge is 0.377 e. The van der Waals surface area contributed by atoms with Crippen LogP contribution in [0.4, 0.5) is 0 Å². The Balaban J connectivity index is 1.61. The van der Waals surface area contributed by atoms with Crippen molar-refractivity contribution >= 4 is 5.96 Å². The molecular formula is C21H38N4O. The third-order valence-electron chi connectivity index (χ3n) is 5.93. The molecule has 148 valence electrons. The van der Waals surface area contributed by atoms with Crippen molar-refractivity contribution in [1.29, 1.82) is 0 Å². The van der Waals surface area contributed by atoms with Gasteiger partial charge in [0.2, 0.25) is 0 Å². The molecule has 5 heteroatoms. The maximum atomic E-state index is 6.14. The molecule has 3 rings (SSSR count). The lowest BCUT2D eigenvalue weighted by molar-refractivity contribution is -0.0824. The van der Waals surface area contributed by atoms with Crippen LogP contribution in [0, 0.1) is 11.3 Å². The minimum atomic E-state index is 0.181. The summed E-state index contributed by atoms with van der Waals surface area (Å²) in [6.07, 6.45) is 8.52. The second kappa shape index (κ2) is 8.75. The monoisotopic (exact) mass is 362 g/mol. The molecule has 0 aromatic carbocycles. The summed E-state index contributed by atoms with van der Waals surface area (Å²) in [5.41, 5.74) is 0.181. The summed E-state index contributed by atoms with van der Waals surface area (Å²) in [4.78, 5) is 10.1. The number of likely N-dealkylation sites (tertiary alicyclic amines) is 1. The van der Waals surface area contributed by atoms with Crippen LogP contribution in [-0.4, -0.2) is 73.8 Å². The number of guanidine groups is 1. The first-order valence-electron chi connectivity index (χ1n) is 10.5. The number of hydrogen-bond acceptors (Lipinski definition) is 3. The topological polar surface area (TPSA) is 40.1 Å². The normalized spacial score (nSPS) is 31.0. The van der Waals surface area contributed by atoms with Gasteiger partial charge in [-0.3, -0.25) is 9.89 Å². The summed E-state index contributed by atoms with van der Waals surface area (Å²) in [6, 6.07) is 0.661. The van der Waals surface area contributed by atoms with Crippen LogP contribution in [-0.2, 0) is 4.74 Å². The standard InChI is InChI=1S/C21H38N4O/c1-5-22-20(25-13-10-18(16-25)24-11-6-7-12-24)23-15-17-9-8-14-26-19(17)21(2,3)4/h6-7,17-19H,5,8-16H2,1-4H3,(H,22,23). The number of nitrogens with one attached hydrogen (secondary N) is 1. The number of aliphatic imine (C=N–C) groups is 1. The summed E-state index contributed by atoms with van der Waals surface area (Å²) in [5.74, 6) is 1.62. The van der Waals surface area contributed by atoms with Crippen LogP contribution in [0.2, 0.25) is 0 Å². The molecule has 3 aliphatic rings. The third kappa shape index (κ3) is 4.80. The average Bonchev–Trinajstić information content (AvgIpc) is 3.29. The van der Waals surface area contributed by atoms with Crippen molar-refractivity contribution in [3.8, 4) is 0 Å². The lowest BCUT2D eigenvalue weighted by Gasteiger charge is -2.39. The first-order valence-corrected chi connectivity index (χ1v) is 10.5. The Kier molecular flexibility index (Phi) is 6.62. The van der Waals surface area contributed by atoms with Gasteiger partial charge in [0.1, 0.15) is 0 Å². The Labute approximate surface area is 159 Å². The fraction of sp³-hybridized carbons (Fsp3) is 0.857. The van der Waals surface area contributed by atoms with Gasteiger partial charge in [-0.1, -0.05) is 32.9 Å². The summed E-state index contributed by atoms with van der Waals surface area (Å²) >= 11 is 0. The van der Waals surface area contributed by atoms with E-state index in [0.717, 1.165) is 58.3 Å². The van der Waals surface area contributed by atoms with Crippen LogP contribution in [0.1, 0.15) is 47.0 Å². The summed E-state index contributed by atoms with van der Waals surface area (Å²) in [6.45, 7) is 16.2. The zero-order chi connectivity index (χ0) is 18.6. The predicted molar refractivity (Wildman–Crippen MR) is 109 cm³/mol. The van der Waals surface area contributed by atoms with Crippen molar-refractivity contribution in [3.05, 3.63) is 12.2 Å². The van der Waals surface area contributed by atoms with Gasteiger partial charge in [0.25, 0.3) is 0 Å². The Morgan fingerprint density at radius 2 is 2.00 bits per heavy atom. The Morgan fingerprint density at radius 3 is 2.69 bits per heavy atom. The number of nitrogens with zero attached hydrogens (tertiary/aromatic N) is 3. The van der Waals surface area contributed by atoms with E-state index in [1.807, 2.05) is 0 Å². The zero-order valence-corrected chi connectivity index (χ0v) is 17.2. The minimum Gasteiger partial charge on any atom is -0.377 e. The number of hydrogen-bond donors (Lipinski definition) is 1. The van der Waals surface area contributed by atoms with Gasteiger partial charge in [-0.25, -0.2) is 0 Å². The van der Waals surface area contributed by atoms with Crippen LogP contribution >= 0.6 is 0 Å². The lowest BCUT2D eigenvalue weighted by atomic mass is 9.78. The molecule has 0 radical (unpaired) electrons. The molecular weight excluding hydrogens is 324 g/mol. The second-order valence-corrected chi connectivity index (χ2v) is 9.07. The summed E-state index contributed by atoms with van der Waals surface area (Å²) in [7, 11) is 0. The maximum absolute atomic E-state index is 6.14. The van der Waals surface area contributed by atoms with Gasteiger partial charge in [0.15, 0.2) is 5.96 Å². The van der Waals surface area contributed by atoms with Crippen LogP contribution in [0.15, 0.2) is 17.1 Å². The Morgan fingerprint density at radius 1 is 1.23 bits per heavy atom. The first kappa shape index (κ1) is 19.7. The molecule has 3 unspecified atom stereocenters. The van der Waals surface area contributed by atoms with Gasteiger partial charge in [-0.2, -0.15) is 0 Å². The molecule has 2 fully saturated rings. The predicted octanol–water partition coefficient (Wildman–Crippen LogP) is 2.74. The molecule has 3 atom stereocenters. The first-order chi connectivity index (χ1) is 12.5. The molecule has 26 heavy (non-hydrogen) atoms. The highest BCUT2D eigenvalue weighted by molar-refractivity contribution is 5.80. The lowest BCUT2D eigenvalue weighted by Crippen LogP contribution is -2.44. The van der Waals surface area contributed by atoms with E-state index in [9.17, 15) is 0 Å². The van der Waals surface area contributed by atoms with E-state index >= 15 is 0 Å². The molecule has 0 spiro atoms. The fourth-order valence-corrected chi connectivity index (χ4v) is 4.64. The molecule has 0 saturated carbocycles. The molecule has 0 amide bonds. The zero-order valence-electron chi connectivity index (χ0n) is 17.2. The molecule has 0 aromatic heterocycles. The highest BCUT2D eigenvalue weighted by atomic mass is 16.5. The molecule has 2 saturated heterocycles. The van der Waals surface area contributed by atoms with Gasteiger partial charge < -0.3 is 15.0 Å². The molecule has 1 N–H and O–H groups in total. The second-order valence-electron chi connectivity index (χ2n) is 9.07. The SMILES string of the molecule is CCNC(=NCC1CCCOC1C(C)(C)C)N1CCC(N2CC=CC2)C1. The van der Waals surface area contributed by atoms with Gasteiger partial charge in [-0.15, -0.1) is 0 Å². The maximum Gasteiger partial charge on any atom is 0.193 e. The van der Waals surface area contributed by atoms with E-state index in [1.165, 1.54) is 12.8 Å². The highest BCUT2D eigenvalue weighted by Gasteiger charge is 2.35. The molecule has 3 heterocycles. The van der Waals surface area contributed by atoms with Gasteiger partial charge >= 0.3 is 0 Å². The van der Waals surface area contributed by atoms with Crippen LogP contribution < -0.4 is 5.32 Å². The molecule has 0 aliphatic carbocycles. The highest BCUT2D eigenvalue weighted by Crippen LogP contribution is 2.34.